The van der Waals surface area contributed by atoms with Crippen molar-refractivity contribution in [2.45, 2.75) is 43.7 Å². The highest BCUT2D eigenvalue weighted by Gasteiger charge is 2.54. The van der Waals surface area contributed by atoms with Crippen molar-refractivity contribution in [3.63, 3.8) is 0 Å². The van der Waals surface area contributed by atoms with Gasteiger partial charge in [0, 0.05) is 16.7 Å². The van der Waals surface area contributed by atoms with Crippen molar-refractivity contribution in [1.82, 2.24) is 9.61 Å². The maximum atomic E-state index is 11.0. The van der Waals surface area contributed by atoms with Crippen LogP contribution in [0.3, 0.4) is 0 Å². The molecule has 160 valence electrons. The minimum atomic E-state index is -0.447. The number of hydrogen-bond donors (Lipinski definition) is 3. The normalized spacial score (nSPS) is 32.0. The maximum Gasteiger partial charge on any atom is 0.135 e. The quantitative estimate of drug-likeness (QED) is 0.380. The van der Waals surface area contributed by atoms with Crippen LogP contribution in [0.15, 0.2) is 58.3 Å². The van der Waals surface area contributed by atoms with Crippen LogP contribution in [0.5, 0.6) is 0 Å². The fourth-order valence-electron chi connectivity index (χ4n) is 6.46. The van der Waals surface area contributed by atoms with Gasteiger partial charge in [-0.2, -0.15) is 5.10 Å². The van der Waals surface area contributed by atoms with Crippen molar-refractivity contribution in [2.75, 3.05) is 5.32 Å². The smallest absolute Gasteiger partial charge is 0.135 e. The fraction of sp³-hybridized carbons (Fsp3) is 0.417. The van der Waals surface area contributed by atoms with Crippen LogP contribution < -0.4 is 11.1 Å². The van der Waals surface area contributed by atoms with Crippen molar-refractivity contribution in [3.8, 4) is 0 Å². The van der Waals surface area contributed by atoms with Crippen molar-refractivity contribution < 1.29 is 5.11 Å². The Hall–Kier alpha value is -2.38. The molecule has 0 amide bonds. The zero-order valence-corrected chi connectivity index (χ0v) is 18.8. The summed E-state index contributed by atoms with van der Waals surface area (Å²) < 4.78 is 2.84. The molecule has 2 aromatic heterocycles. The summed E-state index contributed by atoms with van der Waals surface area (Å²) in [7, 11) is 0. The fourth-order valence-corrected chi connectivity index (χ4v) is 6.87. The van der Waals surface area contributed by atoms with Gasteiger partial charge in [-0.3, -0.25) is 0 Å². The van der Waals surface area contributed by atoms with Crippen LogP contribution in [-0.2, 0) is 0 Å². The highest BCUT2D eigenvalue weighted by Crippen LogP contribution is 2.56. The van der Waals surface area contributed by atoms with Crippen LogP contribution in [0.4, 0.5) is 11.4 Å². The molecule has 7 rings (SSSR count). The Morgan fingerprint density at radius 1 is 1.19 bits per heavy atom. The summed E-state index contributed by atoms with van der Waals surface area (Å²) in [6.07, 6.45) is 8.93. The van der Waals surface area contributed by atoms with Crippen LogP contribution in [0.25, 0.3) is 5.52 Å². The Morgan fingerprint density at radius 2 is 1.94 bits per heavy atom. The predicted octanol–water partition coefficient (Wildman–Crippen LogP) is 4.49. The third kappa shape index (κ3) is 3.34. The molecule has 1 aromatic carbocycles. The predicted molar refractivity (Wildman–Crippen MR) is 126 cm³/mol. The number of nitrogens with one attached hydrogen (secondary N) is 1. The van der Waals surface area contributed by atoms with Gasteiger partial charge < -0.3 is 16.2 Å². The summed E-state index contributed by atoms with van der Waals surface area (Å²) in [4.78, 5) is 4.65. The lowest BCUT2D eigenvalue weighted by Gasteiger charge is -2.58. The Kier molecular flexibility index (Phi) is 4.40. The second-order valence-electron chi connectivity index (χ2n) is 9.62. The molecule has 3 aromatic rings. The first kappa shape index (κ1) is 19.3. The van der Waals surface area contributed by atoms with E-state index < -0.39 is 5.60 Å². The number of aliphatic hydroxyl groups is 1. The average Bonchev–Trinajstić information content (AvgIpc) is 3.10. The van der Waals surface area contributed by atoms with Gasteiger partial charge >= 0.3 is 0 Å². The lowest BCUT2D eigenvalue weighted by atomic mass is 9.52. The molecule has 4 fully saturated rings. The van der Waals surface area contributed by atoms with E-state index in [9.17, 15) is 5.11 Å². The number of anilines is 1. The largest absolute Gasteiger partial charge is 0.390 e. The first-order valence-corrected chi connectivity index (χ1v) is 11.8. The van der Waals surface area contributed by atoms with Gasteiger partial charge in [-0.15, -0.1) is 0 Å². The number of rotatable bonds is 4. The number of nitrogens with zero attached hydrogens (tertiary/aromatic N) is 3. The number of nitrogens with two attached hydrogens (primary N) is 1. The Morgan fingerprint density at radius 3 is 2.65 bits per heavy atom. The average molecular weight is 480 g/mol. The first-order chi connectivity index (χ1) is 15.0. The van der Waals surface area contributed by atoms with Crippen LogP contribution in [0.2, 0.25) is 0 Å². The molecule has 4 aliphatic rings. The Labute approximate surface area is 189 Å². The number of hydrogen-bond acceptors (Lipinski definition) is 4. The summed E-state index contributed by atoms with van der Waals surface area (Å²) in [6.45, 7) is 0. The van der Waals surface area contributed by atoms with Gasteiger partial charge in [-0.05, 0) is 84.0 Å². The van der Waals surface area contributed by atoms with E-state index in [2.05, 4.69) is 37.4 Å². The van der Waals surface area contributed by atoms with Gasteiger partial charge in [0.25, 0.3) is 0 Å². The maximum absolute atomic E-state index is 11.0. The number of aromatic nitrogens is 2. The number of halogens is 1. The van der Waals surface area contributed by atoms with Crippen molar-refractivity contribution >= 4 is 38.7 Å². The molecule has 4 saturated carbocycles. The van der Waals surface area contributed by atoms with E-state index >= 15 is 0 Å². The minimum absolute atomic E-state index is 0.333. The number of aliphatic imine (C=N–C) groups is 1. The molecule has 2 heterocycles. The molecule has 0 aliphatic heterocycles. The van der Waals surface area contributed by atoms with Crippen molar-refractivity contribution in [1.29, 1.82) is 0 Å². The molecule has 4 bridgehead atoms. The van der Waals surface area contributed by atoms with E-state index in [4.69, 9.17) is 5.73 Å². The van der Waals surface area contributed by atoms with Crippen LogP contribution >= 0.6 is 15.9 Å². The molecule has 31 heavy (non-hydrogen) atoms. The molecule has 0 saturated heterocycles. The zero-order chi connectivity index (χ0) is 21.2. The van der Waals surface area contributed by atoms with Gasteiger partial charge in [-0.25, -0.2) is 9.51 Å². The van der Waals surface area contributed by atoms with Gasteiger partial charge in [-0.1, -0.05) is 18.2 Å². The first-order valence-electron chi connectivity index (χ1n) is 11.0. The van der Waals surface area contributed by atoms with E-state index in [-0.39, 0.29) is 0 Å². The number of amidine groups is 1. The lowest BCUT2D eigenvalue weighted by Crippen LogP contribution is -2.59. The summed E-state index contributed by atoms with van der Waals surface area (Å²) in [5.41, 5.74) is 9.64. The molecule has 0 radical (unpaired) electrons. The van der Waals surface area contributed by atoms with E-state index in [0.29, 0.717) is 29.6 Å². The highest BCUT2D eigenvalue weighted by atomic mass is 79.9. The molecule has 2 unspecified atom stereocenters. The number of fused-ring (bicyclic) bond motifs is 1. The Balaban J connectivity index is 1.42. The van der Waals surface area contributed by atoms with Gasteiger partial charge in [0.2, 0.25) is 0 Å². The highest BCUT2D eigenvalue weighted by molar-refractivity contribution is 9.10. The second-order valence-corrected chi connectivity index (χ2v) is 10.5. The molecular weight excluding hydrogens is 454 g/mol. The third-order valence-corrected chi connectivity index (χ3v) is 7.87. The summed E-state index contributed by atoms with van der Waals surface area (Å²) in [5, 5.41) is 19.4. The molecule has 4 N–H and O–H groups in total. The minimum Gasteiger partial charge on any atom is -0.390 e. The topological polar surface area (TPSA) is 87.9 Å². The molecule has 0 spiro atoms. The summed E-state index contributed by atoms with van der Waals surface area (Å²) >= 11 is 3.59. The number of benzene rings is 1. The Bertz CT molecular complexity index is 1160. The summed E-state index contributed by atoms with van der Waals surface area (Å²) in [5.74, 6) is 2.10. The standard InChI is InChI=1S/C24H26BrN5O/c25-17-8-20-22(29-21-15-6-14-7-16(21)11-24(31,9-14)10-15)19(12-27-30(20)13-17)23(26)28-18-4-2-1-3-5-18/h1-5,8,12-16,21,29,31H,6-7,9-11H2,(H2,26,28). The molecule has 2 atom stereocenters. The van der Waals surface area contributed by atoms with Crippen LogP contribution in [0.1, 0.15) is 37.7 Å². The van der Waals surface area contributed by atoms with E-state index in [1.807, 2.05) is 41.0 Å². The third-order valence-electron chi connectivity index (χ3n) is 7.44. The van der Waals surface area contributed by atoms with E-state index in [1.165, 1.54) is 12.8 Å². The van der Waals surface area contributed by atoms with E-state index in [0.717, 1.165) is 46.2 Å². The molecular formula is C24H26BrN5O. The van der Waals surface area contributed by atoms with Crippen LogP contribution in [0, 0.1) is 17.8 Å². The molecule has 4 aliphatic carbocycles. The lowest BCUT2D eigenvalue weighted by molar-refractivity contribution is -0.129. The SMILES string of the molecule is N/C(=N\c1ccccc1)c1cnn2cc(Br)cc2c1NC1C2CC3CC1CC(O)(C3)C2. The van der Waals surface area contributed by atoms with Crippen LogP contribution in [-0.4, -0.2) is 32.2 Å². The van der Waals surface area contributed by atoms with Gasteiger partial charge in [0.15, 0.2) is 0 Å². The van der Waals surface area contributed by atoms with Crippen molar-refractivity contribution in [3.05, 3.63) is 58.8 Å². The zero-order valence-electron chi connectivity index (χ0n) is 17.2. The number of para-hydroxylation sites is 1. The monoisotopic (exact) mass is 479 g/mol. The van der Waals surface area contributed by atoms with E-state index in [1.54, 1.807) is 6.20 Å². The van der Waals surface area contributed by atoms with Crippen molar-refractivity contribution in [2.24, 2.45) is 28.5 Å². The van der Waals surface area contributed by atoms with Gasteiger partial charge in [0.1, 0.15) is 5.84 Å². The second kappa shape index (κ2) is 7.07. The molecule has 6 nitrogen and oxygen atoms in total. The van der Waals surface area contributed by atoms with Gasteiger partial charge in [0.05, 0.1) is 34.3 Å². The molecule has 7 heteroatoms. The summed E-state index contributed by atoms with van der Waals surface area (Å²) in [6, 6.07) is 12.2.